The Labute approximate surface area is 158 Å². The van der Waals surface area contributed by atoms with Gasteiger partial charge in [0.2, 0.25) is 11.0 Å². The molecule has 1 amide bonds. The van der Waals surface area contributed by atoms with E-state index in [0.29, 0.717) is 16.7 Å². The molecule has 0 atom stereocenters. The van der Waals surface area contributed by atoms with E-state index in [1.807, 2.05) is 25.1 Å². The molecule has 0 spiro atoms. The van der Waals surface area contributed by atoms with E-state index in [4.69, 9.17) is 16.0 Å². The zero-order valence-corrected chi connectivity index (χ0v) is 15.7. The third-order valence-electron chi connectivity index (χ3n) is 3.20. The minimum absolute atomic E-state index is 0.115. The number of hydrogen-bond donors (Lipinski definition) is 2. The maximum Gasteiger partial charge on any atom is 0.234 e. The van der Waals surface area contributed by atoms with Crippen molar-refractivity contribution in [3.8, 4) is 0 Å². The number of benzene rings is 1. The molecular weight excluding hydrogens is 380 g/mol. The van der Waals surface area contributed by atoms with E-state index < -0.39 is 0 Å². The van der Waals surface area contributed by atoms with Crippen LogP contribution in [0, 0.1) is 6.92 Å². The molecule has 6 nitrogen and oxygen atoms in total. The highest BCUT2D eigenvalue weighted by atomic mass is 35.5. The molecule has 2 heterocycles. The number of nitrogens with one attached hydrogen (secondary N) is 2. The summed E-state index contributed by atoms with van der Waals surface area (Å²) in [6.07, 6.45) is 1.62. The smallest absolute Gasteiger partial charge is 0.234 e. The number of aromatic nitrogens is 2. The van der Waals surface area contributed by atoms with Crippen LogP contribution in [0.2, 0.25) is 5.02 Å². The Morgan fingerprint density at radius 3 is 3.04 bits per heavy atom. The first-order valence-corrected chi connectivity index (χ1v) is 9.57. The summed E-state index contributed by atoms with van der Waals surface area (Å²) < 4.78 is 5.96. The molecule has 0 saturated carbocycles. The van der Waals surface area contributed by atoms with Gasteiger partial charge in [-0.15, -0.1) is 10.2 Å². The van der Waals surface area contributed by atoms with Gasteiger partial charge in [0, 0.05) is 10.7 Å². The number of nitrogens with zero attached hydrogens (tertiary/aromatic N) is 2. The average Bonchev–Trinajstić information content (AvgIpc) is 3.26. The summed E-state index contributed by atoms with van der Waals surface area (Å²) in [5.74, 6) is 0.954. The second-order valence-electron chi connectivity index (χ2n) is 5.10. The summed E-state index contributed by atoms with van der Waals surface area (Å²) in [5, 5.41) is 15.4. The van der Waals surface area contributed by atoms with Gasteiger partial charge in [-0.25, -0.2) is 0 Å². The van der Waals surface area contributed by atoms with Crippen LogP contribution in [0.4, 0.5) is 10.8 Å². The zero-order valence-electron chi connectivity index (χ0n) is 13.3. The summed E-state index contributed by atoms with van der Waals surface area (Å²) in [5.41, 5.74) is 1.68. The maximum atomic E-state index is 12.1. The van der Waals surface area contributed by atoms with Gasteiger partial charge in [0.05, 0.1) is 18.6 Å². The molecule has 0 radical (unpaired) electrons. The van der Waals surface area contributed by atoms with Crippen molar-refractivity contribution in [3.05, 3.63) is 52.9 Å². The van der Waals surface area contributed by atoms with Crippen molar-refractivity contribution < 1.29 is 9.21 Å². The Balaban J connectivity index is 1.48. The molecule has 2 aromatic heterocycles. The number of aryl methyl sites for hydroxylation is 1. The molecule has 3 aromatic rings. The summed E-state index contributed by atoms with van der Waals surface area (Å²) >= 11 is 8.69. The Kier molecular flexibility index (Phi) is 5.95. The Hall–Kier alpha value is -2.03. The van der Waals surface area contributed by atoms with Crippen molar-refractivity contribution in [2.24, 2.45) is 0 Å². The molecule has 0 aliphatic heterocycles. The predicted molar refractivity (Wildman–Crippen MR) is 101 cm³/mol. The van der Waals surface area contributed by atoms with Crippen LogP contribution in [0.15, 0.2) is 45.4 Å². The first kappa shape index (κ1) is 17.8. The summed E-state index contributed by atoms with van der Waals surface area (Å²) in [6, 6.07) is 9.11. The fraction of sp³-hybridized carbons (Fsp3) is 0.188. The largest absolute Gasteiger partial charge is 0.467 e. The number of furan rings is 1. The fourth-order valence-electron chi connectivity index (χ4n) is 1.96. The highest BCUT2D eigenvalue weighted by molar-refractivity contribution is 8.01. The van der Waals surface area contributed by atoms with Crippen LogP contribution in [0.1, 0.15) is 11.3 Å². The second kappa shape index (κ2) is 8.37. The van der Waals surface area contributed by atoms with Crippen LogP contribution in [0.25, 0.3) is 0 Å². The number of carbonyl (C=O) groups is 1. The van der Waals surface area contributed by atoms with Crippen LogP contribution < -0.4 is 10.6 Å². The van der Waals surface area contributed by atoms with E-state index in [9.17, 15) is 4.79 Å². The second-order valence-corrected chi connectivity index (χ2v) is 7.74. The molecule has 9 heteroatoms. The number of carbonyl (C=O) groups excluding carboxylic acids is 1. The summed E-state index contributed by atoms with van der Waals surface area (Å²) in [6.45, 7) is 2.46. The van der Waals surface area contributed by atoms with Gasteiger partial charge in [-0.2, -0.15) is 0 Å². The van der Waals surface area contributed by atoms with Crippen LogP contribution in [-0.2, 0) is 11.3 Å². The number of amides is 1. The molecule has 130 valence electrons. The first-order chi connectivity index (χ1) is 12.1. The lowest BCUT2D eigenvalue weighted by molar-refractivity contribution is -0.113. The van der Waals surface area contributed by atoms with Crippen molar-refractivity contribution >= 4 is 51.4 Å². The first-order valence-electron chi connectivity index (χ1n) is 7.39. The maximum absolute atomic E-state index is 12.1. The van der Waals surface area contributed by atoms with Crippen LogP contribution in [0.5, 0.6) is 0 Å². The molecule has 0 aliphatic rings. The van der Waals surface area contributed by atoms with E-state index in [-0.39, 0.29) is 11.7 Å². The third kappa shape index (κ3) is 5.22. The SMILES string of the molecule is Cc1ccc(Cl)cc1NC(=O)CSc1nnc(NCc2ccco2)s1. The highest BCUT2D eigenvalue weighted by Crippen LogP contribution is 2.26. The predicted octanol–water partition coefficient (Wildman–Crippen LogP) is 4.44. The lowest BCUT2D eigenvalue weighted by Gasteiger charge is -2.07. The minimum Gasteiger partial charge on any atom is -0.467 e. The van der Waals surface area contributed by atoms with E-state index in [2.05, 4.69) is 20.8 Å². The van der Waals surface area contributed by atoms with Crippen molar-refractivity contribution in [2.45, 2.75) is 17.8 Å². The Morgan fingerprint density at radius 2 is 2.24 bits per heavy atom. The van der Waals surface area contributed by atoms with Crippen LogP contribution in [0.3, 0.4) is 0 Å². The fourth-order valence-corrected chi connectivity index (χ4v) is 3.68. The average molecular weight is 395 g/mol. The van der Waals surface area contributed by atoms with E-state index in [0.717, 1.165) is 21.4 Å². The topological polar surface area (TPSA) is 80.0 Å². The van der Waals surface area contributed by atoms with Crippen molar-refractivity contribution in [1.82, 2.24) is 10.2 Å². The molecule has 1 aromatic carbocycles. The Bertz CT molecular complexity index is 852. The number of halogens is 1. The lowest BCUT2D eigenvalue weighted by Crippen LogP contribution is -2.14. The minimum atomic E-state index is -0.115. The number of hydrogen-bond acceptors (Lipinski definition) is 7. The Morgan fingerprint density at radius 1 is 1.36 bits per heavy atom. The van der Waals surface area contributed by atoms with Crippen molar-refractivity contribution in [1.29, 1.82) is 0 Å². The molecular formula is C16H15ClN4O2S2. The number of rotatable bonds is 7. The standard InChI is InChI=1S/C16H15ClN4O2S2/c1-10-4-5-11(17)7-13(10)19-14(22)9-24-16-21-20-15(25-16)18-8-12-3-2-6-23-12/h2-7H,8-9H2,1H3,(H,18,20)(H,19,22). The molecule has 0 fully saturated rings. The van der Waals surface area contributed by atoms with E-state index >= 15 is 0 Å². The number of anilines is 2. The van der Waals surface area contributed by atoms with Gasteiger partial charge in [-0.05, 0) is 36.8 Å². The van der Waals surface area contributed by atoms with Gasteiger partial charge in [0.15, 0.2) is 4.34 Å². The van der Waals surface area contributed by atoms with Gasteiger partial charge in [-0.1, -0.05) is 40.8 Å². The van der Waals surface area contributed by atoms with Crippen molar-refractivity contribution in [3.63, 3.8) is 0 Å². The van der Waals surface area contributed by atoms with Gasteiger partial charge in [-0.3, -0.25) is 4.79 Å². The molecule has 0 unspecified atom stereocenters. The van der Waals surface area contributed by atoms with Gasteiger partial charge in [0.1, 0.15) is 5.76 Å². The molecule has 0 saturated heterocycles. The molecule has 25 heavy (non-hydrogen) atoms. The zero-order chi connectivity index (χ0) is 17.6. The molecule has 0 bridgehead atoms. The van der Waals surface area contributed by atoms with Gasteiger partial charge in [0.25, 0.3) is 0 Å². The highest BCUT2D eigenvalue weighted by Gasteiger charge is 2.10. The van der Waals surface area contributed by atoms with Crippen LogP contribution >= 0.6 is 34.7 Å². The number of thioether (sulfide) groups is 1. The van der Waals surface area contributed by atoms with Crippen LogP contribution in [-0.4, -0.2) is 21.9 Å². The molecule has 0 aliphatic carbocycles. The normalized spacial score (nSPS) is 10.6. The summed E-state index contributed by atoms with van der Waals surface area (Å²) in [7, 11) is 0. The lowest BCUT2D eigenvalue weighted by atomic mass is 10.2. The van der Waals surface area contributed by atoms with Crippen molar-refractivity contribution in [2.75, 3.05) is 16.4 Å². The summed E-state index contributed by atoms with van der Waals surface area (Å²) in [4.78, 5) is 12.1. The van der Waals surface area contributed by atoms with Gasteiger partial charge < -0.3 is 15.1 Å². The monoisotopic (exact) mass is 394 g/mol. The van der Waals surface area contributed by atoms with E-state index in [1.54, 1.807) is 18.4 Å². The van der Waals surface area contributed by atoms with E-state index in [1.165, 1.54) is 23.1 Å². The molecule has 3 rings (SSSR count). The van der Waals surface area contributed by atoms with Gasteiger partial charge >= 0.3 is 0 Å². The third-order valence-corrected chi connectivity index (χ3v) is 5.45. The quantitative estimate of drug-likeness (QED) is 0.577. The molecule has 2 N–H and O–H groups in total.